The van der Waals surface area contributed by atoms with Gasteiger partial charge in [0.2, 0.25) is 0 Å². The maximum atomic E-state index is 13.6. The van der Waals surface area contributed by atoms with Crippen molar-refractivity contribution in [1.29, 1.82) is 0 Å². The van der Waals surface area contributed by atoms with Gasteiger partial charge >= 0.3 is 0 Å². The van der Waals surface area contributed by atoms with E-state index >= 15 is 0 Å². The molecule has 6 nitrogen and oxygen atoms in total. The first-order chi connectivity index (χ1) is 8.81. The molecule has 9 heteroatoms. The molecule has 1 heterocycles. The molecule has 0 unspecified atom stereocenters. The van der Waals surface area contributed by atoms with E-state index in [2.05, 4.69) is 9.82 Å². The predicted molar refractivity (Wildman–Crippen MR) is 69.8 cm³/mol. The molecule has 0 amide bonds. The maximum Gasteiger partial charge on any atom is 0.267 e. The summed E-state index contributed by atoms with van der Waals surface area (Å²) < 4.78 is 41.1. The summed E-state index contributed by atoms with van der Waals surface area (Å²) in [5, 5.41) is 3.53. The Labute approximate surface area is 114 Å². The molecule has 0 saturated carbocycles. The molecule has 0 bridgehead atoms. The smallest absolute Gasteiger partial charge is 0.267 e. The summed E-state index contributed by atoms with van der Waals surface area (Å²) >= 11 is 5.57. The molecule has 2 aromatic rings. The Bertz CT molecular complexity index is 729. The third-order valence-corrected chi connectivity index (χ3v) is 3.98. The number of nitrogens with two attached hydrogens (primary N) is 1. The number of aryl methyl sites for hydroxylation is 1. The van der Waals surface area contributed by atoms with Crippen LogP contribution in [0.3, 0.4) is 0 Å². The molecule has 0 atom stereocenters. The summed E-state index contributed by atoms with van der Waals surface area (Å²) in [5.74, 6) is -1.02. The number of nitrogens with one attached hydrogen (secondary N) is 1. The first-order valence-electron chi connectivity index (χ1n) is 5.07. The van der Waals surface area contributed by atoms with Crippen LogP contribution < -0.4 is 10.5 Å². The van der Waals surface area contributed by atoms with E-state index in [-0.39, 0.29) is 21.4 Å². The van der Waals surface area contributed by atoms with Crippen LogP contribution in [0.5, 0.6) is 0 Å². The molecule has 0 radical (unpaired) electrons. The molecule has 0 aliphatic carbocycles. The predicted octanol–water partition coefficient (Wildman–Crippen LogP) is 1.60. The van der Waals surface area contributed by atoms with Gasteiger partial charge in [-0.25, -0.2) is 12.8 Å². The van der Waals surface area contributed by atoms with Crippen LogP contribution in [0.15, 0.2) is 29.3 Å². The number of halogens is 2. The van der Waals surface area contributed by atoms with Crippen LogP contribution in [0, 0.1) is 5.82 Å². The van der Waals surface area contributed by atoms with Gasteiger partial charge in [-0.05, 0) is 12.1 Å². The molecular weight excluding hydrogens is 295 g/mol. The Morgan fingerprint density at radius 2 is 2.16 bits per heavy atom. The van der Waals surface area contributed by atoms with Gasteiger partial charge in [0.15, 0.2) is 11.6 Å². The second-order valence-electron chi connectivity index (χ2n) is 3.76. The quantitative estimate of drug-likeness (QED) is 0.901. The van der Waals surface area contributed by atoms with Crippen molar-refractivity contribution in [3.05, 3.63) is 35.2 Å². The lowest BCUT2D eigenvalue weighted by Crippen LogP contribution is -2.15. The molecule has 1 aromatic heterocycles. The van der Waals surface area contributed by atoms with Crippen LogP contribution in [-0.4, -0.2) is 18.2 Å². The van der Waals surface area contributed by atoms with Crippen molar-refractivity contribution in [3.63, 3.8) is 0 Å². The minimum atomic E-state index is -4.02. The SMILES string of the molecule is Cn1cc(S(=O)(=O)Nc2cccc(Cl)c2F)c(N)n1. The third kappa shape index (κ3) is 2.64. The average Bonchev–Trinajstić information content (AvgIpc) is 2.65. The summed E-state index contributed by atoms with van der Waals surface area (Å²) in [6.45, 7) is 0. The highest BCUT2D eigenvalue weighted by Crippen LogP contribution is 2.25. The van der Waals surface area contributed by atoms with Crippen molar-refractivity contribution in [2.75, 3.05) is 10.5 Å². The van der Waals surface area contributed by atoms with Gasteiger partial charge in [0.1, 0.15) is 4.90 Å². The average molecular weight is 305 g/mol. The molecule has 0 fully saturated rings. The fraction of sp³-hybridized carbons (Fsp3) is 0.100. The van der Waals surface area contributed by atoms with Gasteiger partial charge in [-0.15, -0.1) is 0 Å². The zero-order valence-corrected chi connectivity index (χ0v) is 11.3. The molecule has 1 aromatic carbocycles. The first-order valence-corrected chi connectivity index (χ1v) is 6.93. The van der Waals surface area contributed by atoms with Gasteiger partial charge in [-0.3, -0.25) is 9.40 Å². The number of anilines is 2. The van der Waals surface area contributed by atoms with Crippen LogP contribution in [0.25, 0.3) is 0 Å². The van der Waals surface area contributed by atoms with E-state index < -0.39 is 15.8 Å². The fourth-order valence-electron chi connectivity index (χ4n) is 1.47. The number of hydrogen-bond donors (Lipinski definition) is 2. The number of hydrogen-bond acceptors (Lipinski definition) is 4. The fourth-order valence-corrected chi connectivity index (χ4v) is 2.81. The summed E-state index contributed by atoms with van der Waals surface area (Å²) in [4.78, 5) is -0.227. The van der Waals surface area contributed by atoms with Gasteiger partial charge in [-0.1, -0.05) is 17.7 Å². The third-order valence-electron chi connectivity index (χ3n) is 2.31. The number of sulfonamides is 1. The van der Waals surface area contributed by atoms with Crippen LogP contribution >= 0.6 is 11.6 Å². The van der Waals surface area contributed by atoms with E-state index in [0.29, 0.717) is 0 Å². The van der Waals surface area contributed by atoms with E-state index in [1.807, 2.05) is 0 Å². The largest absolute Gasteiger partial charge is 0.381 e. The molecule has 3 N–H and O–H groups in total. The number of aromatic nitrogens is 2. The Hall–Kier alpha value is -1.80. The van der Waals surface area contributed by atoms with Gasteiger partial charge in [-0.2, -0.15) is 5.10 Å². The molecule has 0 spiro atoms. The molecule has 2 rings (SSSR count). The molecule has 0 saturated heterocycles. The minimum absolute atomic E-state index is 0.169. The Kier molecular flexibility index (Phi) is 3.38. The lowest BCUT2D eigenvalue weighted by molar-refractivity contribution is 0.598. The monoisotopic (exact) mass is 304 g/mol. The van der Waals surface area contributed by atoms with Gasteiger partial charge in [0, 0.05) is 13.2 Å². The zero-order valence-electron chi connectivity index (χ0n) is 9.76. The topological polar surface area (TPSA) is 90.0 Å². The minimum Gasteiger partial charge on any atom is -0.381 e. The lowest BCUT2D eigenvalue weighted by Gasteiger charge is -2.08. The lowest BCUT2D eigenvalue weighted by atomic mass is 10.3. The molecule has 102 valence electrons. The maximum absolute atomic E-state index is 13.6. The standard InChI is InChI=1S/C10H10ClFN4O2S/c1-16-5-8(10(13)14-16)19(17,18)15-7-4-2-3-6(11)9(7)12/h2-5,15H,1H3,(H2,13,14). The number of nitrogens with zero attached hydrogens (tertiary/aromatic N) is 2. The van der Waals surface area contributed by atoms with E-state index in [1.54, 1.807) is 0 Å². The van der Waals surface area contributed by atoms with Crippen molar-refractivity contribution < 1.29 is 12.8 Å². The number of nitrogen functional groups attached to an aromatic ring is 1. The van der Waals surface area contributed by atoms with Crippen molar-refractivity contribution in [1.82, 2.24) is 9.78 Å². The van der Waals surface area contributed by atoms with Crippen LogP contribution in [0.1, 0.15) is 0 Å². The Balaban J connectivity index is 2.42. The highest BCUT2D eigenvalue weighted by atomic mass is 35.5. The molecule has 0 aliphatic rings. The normalized spacial score (nSPS) is 11.5. The molecule has 19 heavy (non-hydrogen) atoms. The van der Waals surface area contributed by atoms with E-state index in [4.69, 9.17) is 17.3 Å². The number of benzene rings is 1. The highest BCUT2D eigenvalue weighted by molar-refractivity contribution is 7.92. The van der Waals surface area contributed by atoms with Crippen molar-refractivity contribution in [3.8, 4) is 0 Å². The first kappa shape index (κ1) is 13.6. The summed E-state index contributed by atoms with van der Waals surface area (Å²) in [6.07, 6.45) is 1.22. The summed E-state index contributed by atoms with van der Waals surface area (Å²) in [7, 11) is -2.50. The van der Waals surface area contributed by atoms with Crippen molar-refractivity contribution in [2.24, 2.45) is 7.05 Å². The zero-order chi connectivity index (χ0) is 14.2. The van der Waals surface area contributed by atoms with Gasteiger partial charge in [0.05, 0.1) is 10.7 Å². The second-order valence-corrected chi connectivity index (χ2v) is 5.82. The summed E-state index contributed by atoms with van der Waals surface area (Å²) in [5.41, 5.74) is 5.22. The van der Waals surface area contributed by atoms with E-state index in [9.17, 15) is 12.8 Å². The van der Waals surface area contributed by atoms with Gasteiger partial charge < -0.3 is 5.73 Å². The Morgan fingerprint density at radius 3 is 2.74 bits per heavy atom. The van der Waals surface area contributed by atoms with Gasteiger partial charge in [0.25, 0.3) is 10.0 Å². The molecule has 0 aliphatic heterocycles. The van der Waals surface area contributed by atoms with Crippen molar-refractivity contribution >= 4 is 33.1 Å². The number of rotatable bonds is 3. The Morgan fingerprint density at radius 1 is 1.47 bits per heavy atom. The van der Waals surface area contributed by atoms with E-state index in [0.717, 1.165) is 0 Å². The second kappa shape index (κ2) is 4.71. The van der Waals surface area contributed by atoms with E-state index in [1.165, 1.54) is 36.1 Å². The van der Waals surface area contributed by atoms with Crippen LogP contribution in [-0.2, 0) is 17.1 Å². The highest BCUT2D eigenvalue weighted by Gasteiger charge is 2.22. The summed E-state index contributed by atoms with van der Waals surface area (Å²) in [6, 6.07) is 3.99. The van der Waals surface area contributed by atoms with Crippen molar-refractivity contribution in [2.45, 2.75) is 4.90 Å². The van der Waals surface area contributed by atoms with Crippen LogP contribution in [0.4, 0.5) is 15.9 Å². The molecular formula is C10H10ClFN4O2S. The van der Waals surface area contributed by atoms with Crippen LogP contribution in [0.2, 0.25) is 5.02 Å².